The van der Waals surface area contributed by atoms with Gasteiger partial charge in [0.25, 0.3) is 0 Å². The Balaban J connectivity index is 1.32. The molecule has 4 aliphatic rings. The third kappa shape index (κ3) is 11.7. The first kappa shape index (κ1) is 36.6. The number of anilines is 4. The van der Waals surface area contributed by atoms with Crippen molar-refractivity contribution >= 4 is 35.1 Å². The van der Waals surface area contributed by atoms with Crippen molar-refractivity contribution < 1.29 is 42.1 Å². The van der Waals surface area contributed by atoms with Crippen LogP contribution in [0.15, 0.2) is 72.8 Å². The number of halogens is 3. The minimum Gasteiger partial charge on any atom is -0.490 e. The summed E-state index contributed by atoms with van der Waals surface area (Å²) in [6.07, 6.45) is -5.68. The van der Waals surface area contributed by atoms with Crippen LogP contribution in [0.1, 0.15) is 31.2 Å². The third-order valence-corrected chi connectivity index (χ3v) is 7.28. The molecule has 0 radical (unpaired) electrons. The Kier molecular flexibility index (Phi) is 11.7. The lowest BCUT2D eigenvalue weighted by molar-refractivity contribution is -0.154. The second-order valence-electron chi connectivity index (χ2n) is 12.2. The molecule has 270 valence electrons. The van der Waals surface area contributed by atoms with Crippen LogP contribution in [-0.4, -0.2) is 71.0 Å². The number of benzene rings is 3. The van der Waals surface area contributed by atoms with E-state index in [0.717, 1.165) is 5.56 Å². The number of fused-ring (bicyclic) bond motifs is 3. The molecule has 5 heterocycles. The number of aromatic nitrogens is 3. The molecule has 4 aliphatic heterocycles. The molecule has 1 aromatic heterocycles. The second-order valence-corrected chi connectivity index (χ2v) is 12.2. The highest BCUT2D eigenvalue weighted by atomic mass is 19.4. The average molecular weight is 711 g/mol. The fourth-order valence-corrected chi connectivity index (χ4v) is 4.56. The zero-order chi connectivity index (χ0) is 36.4. The molecule has 1 atom stereocenters. The van der Waals surface area contributed by atoms with Crippen LogP contribution in [-0.2, 0) is 16.1 Å². The zero-order valence-electron chi connectivity index (χ0n) is 27.7. The molecule has 6 N–H and O–H groups in total. The number of nitrogens with one attached hydrogen (secondary N) is 5. The largest absolute Gasteiger partial charge is 0.490 e. The lowest BCUT2D eigenvalue weighted by Gasteiger charge is -2.27. The van der Waals surface area contributed by atoms with Gasteiger partial charge in [0.15, 0.2) is 6.61 Å². The van der Waals surface area contributed by atoms with Gasteiger partial charge in [-0.2, -0.15) is 28.1 Å². The lowest BCUT2D eigenvalue weighted by Crippen LogP contribution is -2.44. The van der Waals surface area contributed by atoms with E-state index in [0.29, 0.717) is 28.4 Å². The molecule has 0 saturated heterocycles. The van der Waals surface area contributed by atoms with Gasteiger partial charge in [-0.1, -0.05) is 38.1 Å². The number of nitrogens with zero attached hydrogens (tertiary/aromatic N) is 3. The van der Waals surface area contributed by atoms with E-state index in [1.54, 1.807) is 72.8 Å². The minimum atomic E-state index is -4.60. The zero-order valence-corrected chi connectivity index (χ0v) is 27.7. The van der Waals surface area contributed by atoms with Gasteiger partial charge in [0.05, 0.1) is 0 Å². The molecule has 1 unspecified atom stereocenters. The molecule has 17 heteroatoms. The van der Waals surface area contributed by atoms with Crippen LogP contribution in [0.4, 0.5) is 36.4 Å². The van der Waals surface area contributed by atoms with Crippen molar-refractivity contribution in [3.8, 4) is 17.5 Å². The van der Waals surface area contributed by atoms with Crippen LogP contribution in [0.5, 0.6) is 17.5 Å². The number of ether oxygens (including phenoxy) is 3. The third-order valence-electron chi connectivity index (χ3n) is 7.28. The second kappa shape index (κ2) is 16.4. The predicted octanol–water partition coefficient (Wildman–Crippen LogP) is 4.30. The summed E-state index contributed by atoms with van der Waals surface area (Å²) in [7, 11) is 0. The number of alkyl halides is 3. The summed E-state index contributed by atoms with van der Waals surface area (Å²) in [5.74, 6) is -0.626. The summed E-state index contributed by atoms with van der Waals surface area (Å²) < 4.78 is 54.9. The van der Waals surface area contributed by atoms with Crippen LogP contribution in [0.3, 0.4) is 0 Å². The van der Waals surface area contributed by atoms with Gasteiger partial charge >= 0.3 is 24.0 Å². The summed E-state index contributed by atoms with van der Waals surface area (Å²) in [4.78, 5) is 37.2. The van der Waals surface area contributed by atoms with Crippen molar-refractivity contribution in [1.29, 1.82) is 0 Å². The summed E-state index contributed by atoms with van der Waals surface area (Å²) in [6.45, 7) is 3.22. The molecule has 2 amide bonds. The smallest absolute Gasteiger partial charge is 0.422 e. The lowest BCUT2D eigenvalue weighted by atomic mass is 9.93. The standard InChI is InChI=1S/C34H37F3N8O6/c1-33(2)18-39-27(46)22-5-7-24(8-6-22)42-31-43-30(44-32(45-31)51-20-34(35,36)37)38-17-21-3-11-25(12-4-21)49-15-16-50-26-13-9-23(10-14-26)41-29(48)28(47)40-19-33/h3-14,27,39,46H,15-20H2,1-2H3,(H,40,47)(H,41,48)(H2,38,42,43,44,45). The number of amides is 2. The Bertz CT molecular complexity index is 1780. The fourth-order valence-electron chi connectivity index (χ4n) is 4.56. The number of hydrogen-bond acceptors (Lipinski definition) is 12. The number of aliphatic hydroxyl groups is 1. The first-order valence-corrected chi connectivity index (χ1v) is 15.8. The number of rotatable bonds is 2. The van der Waals surface area contributed by atoms with Gasteiger partial charge in [-0.15, -0.1) is 0 Å². The Hall–Kier alpha value is -5.68. The SMILES string of the molecule is CC1(C)CNC(=O)C(=O)Nc2ccc(cc2)OCCOc2ccc(cc2)CNc2nc(nc(OCC(F)(F)F)n2)Nc2ccc(cc2)C(O)NC1. The molecule has 0 saturated carbocycles. The van der Waals surface area contributed by atoms with Gasteiger partial charge in [0.1, 0.15) is 30.9 Å². The molecule has 8 rings (SSSR count). The monoisotopic (exact) mass is 710 g/mol. The van der Waals surface area contributed by atoms with Crippen LogP contribution in [0.25, 0.3) is 0 Å². The van der Waals surface area contributed by atoms with E-state index in [1.165, 1.54) is 0 Å². The van der Waals surface area contributed by atoms with Gasteiger partial charge < -0.3 is 40.6 Å². The van der Waals surface area contributed by atoms with E-state index in [4.69, 9.17) is 14.2 Å². The number of aliphatic hydroxyl groups excluding tert-OH is 1. The van der Waals surface area contributed by atoms with Gasteiger partial charge in [-0.05, 0) is 65.1 Å². The molecule has 51 heavy (non-hydrogen) atoms. The molecule has 0 spiro atoms. The van der Waals surface area contributed by atoms with Crippen molar-refractivity contribution in [2.45, 2.75) is 32.8 Å². The van der Waals surface area contributed by atoms with Crippen LogP contribution in [0, 0.1) is 5.41 Å². The Morgan fingerprint density at radius 2 is 1.37 bits per heavy atom. The molecule has 14 nitrogen and oxygen atoms in total. The van der Waals surface area contributed by atoms with Crippen molar-refractivity contribution in [2.24, 2.45) is 5.41 Å². The average Bonchev–Trinajstić information content (AvgIpc) is 3.10. The highest BCUT2D eigenvalue weighted by molar-refractivity contribution is 6.39. The molecule has 4 aromatic rings. The number of hydrogen-bond donors (Lipinski definition) is 6. The van der Waals surface area contributed by atoms with Crippen molar-refractivity contribution in [3.63, 3.8) is 0 Å². The summed E-state index contributed by atoms with van der Waals surface area (Å²) in [6, 6.07) is 19.6. The maximum Gasteiger partial charge on any atom is 0.422 e. The van der Waals surface area contributed by atoms with Gasteiger partial charge in [0, 0.05) is 31.0 Å². The molecular weight excluding hydrogens is 673 g/mol. The molecule has 3 aromatic carbocycles. The molecule has 0 fully saturated rings. The topological polar surface area (TPSA) is 181 Å². The summed E-state index contributed by atoms with van der Waals surface area (Å²) in [5.41, 5.74) is 1.64. The normalized spacial score (nSPS) is 17.4. The fraction of sp³-hybridized carbons (Fsp3) is 0.324. The van der Waals surface area contributed by atoms with Crippen LogP contribution in [0.2, 0.25) is 0 Å². The predicted molar refractivity (Wildman–Crippen MR) is 181 cm³/mol. The first-order chi connectivity index (χ1) is 24.3. The molecule has 0 aliphatic carbocycles. The summed E-state index contributed by atoms with van der Waals surface area (Å²) in [5, 5.41) is 24.9. The van der Waals surface area contributed by atoms with Crippen molar-refractivity contribution in [1.82, 2.24) is 25.6 Å². The maximum absolute atomic E-state index is 12.9. The maximum atomic E-state index is 12.9. The molecule has 8 bridgehead atoms. The Morgan fingerprint density at radius 3 is 2.02 bits per heavy atom. The van der Waals surface area contributed by atoms with E-state index in [-0.39, 0.29) is 44.7 Å². The number of carbonyl (C=O) groups excluding carboxylic acids is 2. The van der Waals surface area contributed by atoms with Crippen LogP contribution >= 0.6 is 0 Å². The van der Waals surface area contributed by atoms with E-state index >= 15 is 0 Å². The minimum absolute atomic E-state index is 0.0271. The molecular formula is C34H37F3N8O6. The van der Waals surface area contributed by atoms with Gasteiger partial charge in [0.2, 0.25) is 11.9 Å². The first-order valence-electron chi connectivity index (χ1n) is 15.8. The highest BCUT2D eigenvalue weighted by Gasteiger charge is 2.29. The van der Waals surface area contributed by atoms with Gasteiger partial charge in [-0.3, -0.25) is 14.9 Å². The van der Waals surface area contributed by atoms with Gasteiger partial charge in [-0.25, -0.2) is 0 Å². The van der Waals surface area contributed by atoms with E-state index in [1.807, 2.05) is 13.8 Å². The Labute approximate surface area is 291 Å². The van der Waals surface area contributed by atoms with E-state index < -0.39 is 42.3 Å². The van der Waals surface area contributed by atoms with Crippen molar-refractivity contribution in [2.75, 3.05) is 48.9 Å². The van der Waals surface area contributed by atoms with E-state index in [2.05, 4.69) is 41.5 Å². The summed E-state index contributed by atoms with van der Waals surface area (Å²) >= 11 is 0. The Morgan fingerprint density at radius 1 is 0.784 bits per heavy atom. The number of carbonyl (C=O) groups is 2. The van der Waals surface area contributed by atoms with E-state index in [9.17, 15) is 27.9 Å². The van der Waals surface area contributed by atoms with Crippen molar-refractivity contribution in [3.05, 3.63) is 83.9 Å². The van der Waals surface area contributed by atoms with Crippen LogP contribution < -0.4 is 40.8 Å². The highest BCUT2D eigenvalue weighted by Crippen LogP contribution is 2.23. The quantitative estimate of drug-likeness (QED) is 0.163.